The lowest BCUT2D eigenvalue weighted by Crippen LogP contribution is -2.60. The normalized spacial score (nSPS) is 19.4. The van der Waals surface area contributed by atoms with Crippen molar-refractivity contribution in [2.45, 2.75) is 288 Å². The highest BCUT2D eigenvalue weighted by Gasteiger charge is 2.48. The van der Waals surface area contributed by atoms with E-state index in [1.165, 1.54) is 161 Å². The maximum atomic E-state index is 12.9. The molecule has 0 bridgehead atoms. The lowest BCUT2D eigenvalue weighted by atomic mass is 9.99. The molecule has 0 aromatic rings. The van der Waals surface area contributed by atoms with Gasteiger partial charge in [-0.25, -0.2) is 4.18 Å². The van der Waals surface area contributed by atoms with Crippen LogP contribution in [0.3, 0.4) is 0 Å². The second-order valence-electron chi connectivity index (χ2n) is 19.5. The van der Waals surface area contributed by atoms with Gasteiger partial charge in [-0.3, -0.25) is 9.35 Å². The van der Waals surface area contributed by atoms with Crippen molar-refractivity contribution in [2.24, 2.45) is 0 Å². The van der Waals surface area contributed by atoms with Gasteiger partial charge < -0.3 is 34.3 Å². The van der Waals surface area contributed by atoms with E-state index in [1.807, 2.05) is 0 Å². The Labute approximate surface area is 422 Å². The molecule has 12 nitrogen and oxygen atoms in total. The fourth-order valence-electron chi connectivity index (χ4n) is 8.70. The monoisotopic (exact) mass is 1000 g/mol. The summed E-state index contributed by atoms with van der Waals surface area (Å²) in [5.41, 5.74) is 0. The molecule has 406 valence electrons. The number of hydrogen-bond donors (Lipinski definition) is 4. The molecule has 6 unspecified atom stereocenters. The number of aliphatic hydroxyl groups is 3. The fourth-order valence-corrected chi connectivity index (χ4v) is 9.21. The molecule has 0 radical (unpaired) electrons. The first-order valence-corrected chi connectivity index (χ1v) is 29.6. The van der Waals surface area contributed by atoms with Crippen molar-refractivity contribution in [1.82, 2.24) is 0 Å². The van der Waals surface area contributed by atoms with E-state index < -0.39 is 59.8 Å². The average Bonchev–Trinajstić information content (AvgIpc) is 3.32. The van der Waals surface area contributed by atoms with E-state index in [-0.39, 0.29) is 19.6 Å². The van der Waals surface area contributed by atoms with Crippen LogP contribution in [0.2, 0.25) is 0 Å². The topological polar surface area (TPSA) is 178 Å². The second kappa shape index (κ2) is 47.3. The number of carbonyl (C=O) groups is 1. The predicted octanol–water partition coefficient (Wildman–Crippen LogP) is 13.7. The Kier molecular flexibility index (Phi) is 44.8. The number of carbonyl (C=O) groups excluding carboxylic acids is 1. The summed E-state index contributed by atoms with van der Waals surface area (Å²) in [5, 5.41) is 30.8. The molecule has 0 saturated carbocycles. The zero-order valence-electron chi connectivity index (χ0n) is 43.9. The maximum Gasteiger partial charge on any atom is 0.397 e. The van der Waals surface area contributed by atoms with E-state index in [0.717, 1.165) is 64.2 Å². The quantitative estimate of drug-likeness (QED) is 0.0196. The summed E-state index contributed by atoms with van der Waals surface area (Å²) in [4.78, 5) is 12.9. The smallest absolute Gasteiger partial charge is 0.397 e. The second-order valence-corrected chi connectivity index (χ2v) is 20.6. The van der Waals surface area contributed by atoms with Crippen molar-refractivity contribution in [3.63, 3.8) is 0 Å². The number of ether oxygens (including phenoxy) is 4. The van der Waals surface area contributed by atoms with Crippen LogP contribution in [-0.4, -0.2) is 97.5 Å². The van der Waals surface area contributed by atoms with E-state index in [0.29, 0.717) is 13.0 Å². The van der Waals surface area contributed by atoms with Gasteiger partial charge in [-0.2, -0.15) is 8.42 Å². The molecule has 0 aromatic carbocycles. The average molecular weight is 1000 g/mol. The van der Waals surface area contributed by atoms with Crippen LogP contribution in [0.4, 0.5) is 0 Å². The van der Waals surface area contributed by atoms with Crippen LogP contribution in [0.15, 0.2) is 36.5 Å². The Hall–Kier alpha value is -1.68. The summed E-state index contributed by atoms with van der Waals surface area (Å²) < 4.78 is 59.3. The number of unbranched alkanes of at least 4 members (excludes halogenated alkanes) is 31. The molecule has 1 aliphatic rings. The molecular formula is C56H104O12S. The van der Waals surface area contributed by atoms with Gasteiger partial charge in [0.25, 0.3) is 0 Å². The number of aliphatic hydroxyl groups excluding tert-OH is 3. The van der Waals surface area contributed by atoms with Crippen LogP contribution in [0.5, 0.6) is 0 Å². The number of esters is 1. The van der Waals surface area contributed by atoms with Gasteiger partial charge in [0.15, 0.2) is 6.29 Å². The minimum Gasteiger partial charge on any atom is -0.457 e. The van der Waals surface area contributed by atoms with E-state index in [1.54, 1.807) is 0 Å². The largest absolute Gasteiger partial charge is 0.457 e. The van der Waals surface area contributed by atoms with Gasteiger partial charge in [-0.1, -0.05) is 211 Å². The zero-order valence-corrected chi connectivity index (χ0v) is 44.7. The third kappa shape index (κ3) is 40.5. The van der Waals surface area contributed by atoms with E-state index in [4.69, 9.17) is 18.9 Å². The maximum absolute atomic E-state index is 12.9. The van der Waals surface area contributed by atoms with Crippen molar-refractivity contribution in [3.05, 3.63) is 36.5 Å². The van der Waals surface area contributed by atoms with Crippen LogP contribution in [0.1, 0.15) is 251 Å². The van der Waals surface area contributed by atoms with Crippen LogP contribution in [0.25, 0.3) is 0 Å². The molecule has 1 fully saturated rings. The first-order chi connectivity index (χ1) is 33.6. The first-order valence-electron chi connectivity index (χ1n) is 28.2. The molecule has 1 saturated heterocycles. The van der Waals surface area contributed by atoms with Crippen LogP contribution in [-0.2, 0) is 38.3 Å². The highest BCUT2D eigenvalue weighted by atomic mass is 32.3. The highest BCUT2D eigenvalue weighted by molar-refractivity contribution is 7.80. The lowest BCUT2D eigenvalue weighted by Gasteiger charge is -2.41. The molecule has 1 heterocycles. The summed E-state index contributed by atoms with van der Waals surface area (Å²) in [7, 11) is -5.07. The lowest BCUT2D eigenvalue weighted by molar-refractivity contribution is -0.301. The van der Waals surface area contributed by atoms with Gasteiger partial charge in [0.2, 0.25) is 0 Å². The van der Waals surface area contributed by atoms with E-state index in [9.17, 15) is 33.1 Å². The van der Waals surface area contributed by atoms with Crippen LogP contribution >= 0.6 is 0 Å². The number of allylic oxidation sites excluding steroid dienone is 6. The van der Waals surface area contributed by atoms with Gasteiger partial charge in [0.1, 0.15) is 30.5 Å². The predicted molar refractivity (Wildman–Crippen MR) is 280 cm³/mol. The van der Waals surface area contributed by atoms with Crippen molar-refractivity contribution in [1.29, 1.82) is 0 Å². The Morgan fingerprint density at radius 2 is 0.957 bits per heavy atom. The number of hydrogen-bond acceptors (Lipinski definition) is 11. The molecular weight excluding hydrogens is 897 g/mol. The SMILES string of the molecule is CCCCCC/C=C\C/C=C\CCCCCCCC(=O)OC(COCCCCCCCCCCCCCCCC/C=C\CCCCCCCCCC)COC1OC(CO)C(O)C(OS(=O)(=O)O)C1O. The Balaban J connectivity index is 2.28. The third-order valence-electron chi connectivity index (χ3n) is 13.0. The standard InChI is InChI=1S/C56H104O12S/c1-3-5-7-9-11-13-15-17-19-21-22-23-24-25-26-27-28-29-30-32-34-36-38-40-42-44-46-64-48-50(49-65-56-54(60)55(68-69(61,62)63)53(59)51(47-57)67-56)66-52(58)45-43-41-39-37-35-33-31-20-18-16-14-12-10-8-6-4-2/h14,16,20-22,31,50-51,53-57,59-60H,3-13,15,17-19,23-30,32-49H2,1-2H3,(H,61,62,63)/b16-14-,22-21-,31-20-. The van der Waals surface area contributed by atoms with Gasteiger partial charge in [-0.05, 0) is 70.6 Å². The fraction of sp³-hybridized carbons (Fsp3) is 0.875. The van der Waals surface area contributed by atoms with E-state index >= 15 is 0 Å². The minimum absolute atomic E-state index is 0.0323. The Bertz CT molecular complexity index is 1340. The molecule has 0 aliphatic carbocycles. The van der Waals surface area contributed by atoms with Crippen molar-refractivity contribution < 1.29 is 56.2 Å². The molecule has 0 spiro atoms. The highest BCUT2D eigenvalue weighted by Crippen LogP contribution is 2.26. The first kappa shape index (κ1) is 65.3. The molecule has 0 aromatic heterocycles. The van der Waals surface area contributed by atoms with Crippen molar-refractivity contribution in [3.8, 4) is 0 Å². The van der Waals surface area contributed by atoms with Gasteiger partial charge in [0, 0.05) is 13.0 Å². The summed E-state index contributed by atoms with van der Waals surface area (Å²) in [6.07, 6.45) is 49.0. The van der Waals surface area contributed by atoms with Gasteiger partial charge in [-0.15, -0.1) is 0 Å². The zero-order chi connectivity index (χ0) is 50.3. The van der Waals surface area contributed by atoms with Crippen molar-refractivity contribution >= 4 is 16.4 Å². The molecule has 1 rings (SSSR count). The Morgan fingerprint density at radius 3 is 1.41 bits per heavy atom. The molecule has 1 aliphatic heterocycles. The summed E-state index contributed by atoms with van der Waals surface area (Å²) in [6.45, 7) is 3.99. The molecule has 0 amide bonds. The minimum atomic E-state index is -5.07. The third-order valence-corrected chi connectivity index (χ3v) is 13.5. The van der Waals surface area contributed by atoms with E-state index in [2.05, 4.69) is 54.5 Å². The molecule has 69 heavy (non-hydrogen) atoms. The summed E-state index contributed by atoms with van der Waals surface area (Å²) >= 11 is 0. The number of rotatable bonds is 50. The Morgan fingerprint density at radius 1 is 0.551 bits per heavy atom. The molecule has 13 heteroatoms. The van der Waals surface area contributed by atoms with Crippen molar-refractivity contribution in [2.75, 3.05) is 26.4 Å². The molecule has 4 N–H and O–H groups in total. The van der Waals surface area contributed by atoms with Crippen LogP contribution < -0.4 is 0 Å². The summed E-state index contributed by atoms with van der Waals surface area (Å²) in [6, 6.07) is 0. The summed E-state index contributed by atoms with van der Waals surface area (Å²) in [5.74, 6) is -0.409. The van der Waals surface area contributed by atoms with Crippen LogP contribution in [0, 0.1) is 0 Å². The van der Waals surface area contributed by atoms with Gasteiger partial charge >= 0.3 is 16.4 Å². The molecule has 6 atom stereocenters. The van der Waals surface area contributed by atoms with Gasteiger partial charge in [0.05, 0.1) is 19.8 Å².